The van der Waals surface area contributed by atoms with Gasteiger partial charge in [0, 0.05) is 12.1 Å². The predicted molar refractivity (Wildman–Crippen MR) is 95.4 cm³/mol. The summed E-state index contributed by atoms with van der Waals surface area (Å²) in [5.74, 6) is 0.641. The summed E-state index contributed by atoms with van der Waals surface area (Å²) >= 11 is 0. The standard InChI is InChI=1S/C19H29NO2S/c21-23(22,15-13-17-8-3-1-4-9-17)16-19-12-7-14-20(19)18-10-5-2-6-11-18/h1,3-4,8-9,18-19H,2,5-7,10-16H2/t19-/m0/s1. The van der Waals surface area contributed by atoms with Crippen molar-refractivity contribution in [2.24, 2.45) is 0 Å². The quantitative estimate of drug-likeness (QED) is 0.799. The van der Waals surface area contributed by atoms with Gasteiger partial charge in [-0.25, -0.2) is 8.42 Å². The summed E-state index contributed by atoms with van der Waals surface area (Å²) in [6.07, 6.45) is 9.37. The first-order valence-corrected chi connectivity index (χ1v) is 11.0. The van der Waals surface area contributed by atoms with E-state index >= 15 is 0 Å². The maximum atomic E-state index is 12.6. The molecule has 3 rings (SSSR count). The Labute approximate surface area is 141 Å². The Kier molecular flexibility index (Phi) is 5.76. The molecule has 4 heteroatoms. The number of nitrogens with zero attached hydrogens (tertiary/aromatic N) is 1. The van der Waals surface area contributed by atoms with Crippen molar-refractivity contribution in [2.75, 3.05) is 18.1 Å². The van der Waals surface area contributed by atoms with Crippen LogP contribution < -0.4 is 0 Å². The van der Waals surface area contributed by atoms with Crippen LogP contribution in [0.2, 0.25) is 0 Å². The lowest BCUT2D eigenvalue weighted by Crippen LogP contribution is -2.43. The molecule has 1 aliphatic carbocycles. The molecular weight excluding hydrogens is 306 g/mol. The van der Waals surface area contributed by atoms with Crippen molar-refractivity contribution in [1.82, 2.24) is 4.90 Å². The van der Waals surface area contributed by atoms with Crippen molar-refractivity contribution in [1.29, 1.82) is 0 Å². The van der Waals surface area contributed by atoms with Crippen molar-refractivity contribution in [3.05, 3.63) is 35.9 Å². The summed E-state index contributed by atoms with van der Waals surface area (Å²) in [5.41, 5.74) is 1.12. The minimum atomic E-state index is -2.98. The van der Waals surface area contributed by atoms with Crippen LogP contribution in [0.4, 0.5) is 0 Å². The fraction of sp³-hybridized carbons (Fsp3) is 0.684. The second-order valence-electron chi connectivity index (χ2n) is 7.18. The molecule has 3 nitrogen and oxygen atoms in total. The third kappa shape index (κ3) is 4.80. The van der Waals surface area contributed by atoms with E-state index in [1.165, 1.54) is 32.1 Å². The van der Waals surface area contributed by atoms with Crippen LogP contribution in [0.1, 0.15) is 50.5 Å². The fourth-order valence-corrected chi connectivity index (χ4v) is 5.88. The maximum absolute atomic E-state index is 12.6. The molecule has 1 saturated carbocycles. The minimum absolute atomic E-state index is 0.263. The number of aryl methyl sites for hydroxylation is 1. The second-order valence-corrected chi connectivity index (χ2v) is 9.40. The zero-order chi connectivity index (χ0) is 16.1. The molecule has 2 aliphatic rings. The van der Waals surface area contributed by atoms with Gasteiger partial charge >= 0.3 is 0 Å². The van der Waals surface area contributed by atoms with E-state index in [2.05, 4.69) is 4.90 Å². The van der Waals surface area contributed by atoms with E-state index in [9.17, 15) is 8.42 Å². The third-order valence-corrected chi connectivity index (χ3v) is 7.18. The summed E-state index contributed by atoms with van der Waals surface area (Å²) in [6, 6.07) is 10.9. The van der Waals surface area contributed by atoms with Gasteiger partial charge in [0.15, 0.2) is 9.84 Å². The zero-order valence-electron chi connectivity index (χ0n) is 14.0. The van der Waals surface area contributed by atoms with E-state index in [-0.39, 0.29) is 11.8 Å². The summed E-state index contributed by atoms with van der Waals surface area (Å²) in [5, 5.41) is 0. The predicted octanol–water partition coefficient (Wildman–Crippen LogP) is 3.44. The van der Waals surface area contributed by atoms with Crippen LogP contribution >= 0.6 is 0 Å². The van der Waals surface area contributed by atoms with Gasteiger partial charge in [0.25, 0.3) is 0 Å². The van der Waals surface area contributed by atoms with Crippen molar-refractivity contribution in [2.45, 2.75) is 63.5 Å². The van der Waals surface area contributed by atoms with E-state index in [1.54, 1.807) is 0 Å². The molecule has 0 spiro atoms. The Morgan fingerprint density at radius 1 is 0.957 bits per heavy atom. The second kappa shape index (κ2) is 7.80. The average molecular weight is 336 g/mol. The minimum Gasteiger partial charge on any atom is -0.296 e. The third-order valence-electron chi connectivity index (χ3n) is 5.46. The highest BCUT2D eigenvalue weighted by molar-refractivity contribution is 7.91. The largest absolute Gasteiger partial charge is 0.296 e. The van der Waals surface area contributed by atoms with Gasteiger partial charge in [0.05, 0.1) is 11.5 Å². The molecular formula is C19H29NO2S. The number of rotatable bonds is 6. The lowest BCUT2D eigenvalue weighted by atomic mass is 9.94. The number of benzene rings is 1. The Morgan fingerprint density at radius 3 is 2.43 bits per heavy atom. The fourth-order valence-electron chi connectivity index (χ4n) is 4.22. The molecule has 0 unspecified atom stereocenters. The normalized spacial score (nSPS) is 24.1. The van der Waals surface area contributed by atoms with E-state index in [1.807, 2.05) is 30.3 Å². The molecule has 0 radical (unpaired) electrons. The molecule has 1 atom stereocenters. The summed E-state index contributed by atoms with van der Waals surface area (Å²) < 4.78 is 25.1. The first-order chi connectivity index (χ1) is 11.1. The molecule has 1 saturated heterocycles. The molecule has 1 heterocycles. The van der Waals surface area contributed by atoms with Crippen molar-refractivity contribution >= 4 is 9.84 Å². The molecule has 23 heavy (non-hydrogen) atoms. The van der Waals surface area contributed by atoms with Crippen molar-refractivity contribution in [3.8, 4) is 0 Å². The highest BCUT2D eigenvalue weighted by atomic mass is 32.2. The molecule has 2 fully saturated rings. The summed E-state index contributed by atoms with van der Waals surface area (Å²) in [6.45, 7) is 1.10. The Balaban J connectivity index is 1.55. The maximum Gasteiger partial charge on any atom is 0.152 e. The van der Waals surface area contributed by atoms with Gasteiger partial charge in [0.1, 0.15) is 0 Å². The number of hydrogen-bond acceptors (Lipinski definition) is 3. The van der Waals surface area contributed by atoms with Crippen LogP contribution in [0.15, 0.2) is 30.3 Å². The van der Waals surface area contributed by atoms with Gasteiger partial charge in [-0.15, -0.1) is 0 Å². The SMILES string of the molecule is O=S(=O)(CCc1ccccc1)C[C@@H]1CCCN1C1CCCCC1. The number of hydrogen-bond donors (Lipinski definition) is 0. The number of sulfone groups is 1. The van der Waals surface area contributed by atoms with Gasteiger partial charge in [-0.3, -0.25) is 4.90 Å². The Morgan fingerprint density at radius 2 is 1.70 bits per heavy atom. The molecule has 1 aromatic carbocycles. The monoisotopic (exact) mass is 335 g/mol. The van der Waals surface area contributed by atoms with E-state index in [0.29, 0.717) is 18.2 Å². The van der Waals surface area contributed by atoms with E-state index < -0.39 is 9.84 Å². The Bertz CT molecular complexity index is 579. The highest BCUT2D eigenvalue weighted by Gasteiger charge is 2.34. The first kappa shape index (κ1) is 17.0. The molecule has 128 valence electrons. The van der Waals surface area contributed by atoms with Crippen LogP contribution in [-0.2, 0) is 16.3 Å². The van der Waals surface area contributed by atoms with Crippen LogP contribution in [0.3, 0.4) is 0 Å². The van der Waals surface area contributed by atoms with Gasteiger partial charge < -0.3 is 0 Å². The van der Waals surface area contributed by atoms with Crippen molar-refractivity contribution in [3.63, 3.8) is 0 Å². The van der Waals surface area contributed by atoms with E-state index in [4.69, 9.17) is 0 Å². The summed E-state index contributed by atoms with van der Waals surface area (Å²) in [4.78, 5) is 2.53. The Hall–Kier alpha value is -0.870. The molecule has 0 bridgehead atoms. The topological polar surface area (TPSA) is 37.4 Å². The van der Waals surface area contributed by atoms with Gasteiger partial charge in [-0.2, -0.15) is 0 Å². The van der Waals surface area contributed by atoms with E-state index in [0.717, 1.165) is 24.9 Å². The smallest absolute Gasteiger partial charge is 0.152 e. The van der Waals surface area contributed by atoms with Gasteiger partial charge in [-0.05, 0) is 44.2 Å². The summed E-state index contributed by atoms with van der Waals surface area (Å²) in [7, 11) is -2.98. The van der Waals surface area contributed by atoms with Crippen LogP contribution in [-0.4, -0.2) is 43.5 Å². The van der Waals surface area contributed by atoms with Crippen molar-refractivity contribution < 1.29 is 8.42 Å². The lowest BCUT2D eigenvalue weighted by Gasteiger charge is -2.35. The van der Waals surface area contributed by atoms with Crippen LogP contribution in [0, 0.1) is 0 Å². The molecule has 0 amide bonds. The van der Waals surface area contributed by atoms with Gasteiger partial charge in [-0.1, -0.05) is 49.6 Å². The molecule has 0 aromatic heterocycles. The van der Waals surface area contributed by atoms with Crippen LogP contribution in [0.5, 0.6) is 0 Å². The molecule has 1 aromatic rings. The van der Waals surface area contributed by atoms with Gasteiger partial charge in [0.2, 0.25) is 0 Å². The first-order valence-electron chi connectivity index (χ1n) is 9.14. The molecule has 1 aliphatic heterocycles. The van der Waals surface area contributed by atoms with Crippen LogP contribution in [0.25, 0.3) is 0 Å². The number of likely N-dealkylation sites (tertiary alicyclic amines) is 1. The highest BCUT2D eigenvalue weighted by Crippen LogP contribution is 2.29. The molecule has 0 N–H and O–H groups in total. The zero-order valence-corrected chi connectivity index (χ0v) is 14.8. The lowest BCUT2D eigenvalue weighted by molar-refractivity contribution is 0.151. The average Bonchev–Trinajstić information content (AvgIpc) is 3.02.